The van der Waals surface area contributed by atoms with E-state index in [-0.39, 0.29) is 18.0 Å². The van der Waals surface area contributed by atoms with Crippen LogP contribution in [0.25, 0.3) is 27.9 Å². The molecule has 10 heteroatoms. The SMILES string of the molecule is Cc1ncc(C[n+]2c(O)c(-c3ccc(Cl)c(-c4ccc(C(F)(F)F)cc4C)c3)c(=O)n3cccc(C)c32)s1. The van der Waals surface area contributed by atoms with E-state index in [0.29, 0.717) is 32.9 Å². The van der Waals surface area contributed by atoms with Gasteiger partial charge >= 0.3 is 11.7 Å². The van der Waals surface area contributed by atoms with Crippen LogP contribution in [-0.2, 0) is 12.7 Å². The van der Waals surface area contributed by atoms with Gasteiger partial charge in [0.2, 0.25) is 0 Å². The zero-order chi connectivity index (χ0) is 27.4. The molecule has 3 aromatic heterocycles. The molecular formula is C28H22ClF3N3O2S+. The fourth-order valence-electron chi connectivity index (χ4n) is 4.63. The molecule has 0 saturated carbocycles. The van der Waals surface area contributed by atoms with Crippen molar-refractivity contribution in [1.29, 1.82) is 0 Å². The molecule has 0 unspecified atom stereocenters. The Hall–Kier alpha value is -3.69. The summed E-state index contributed by atoms with van der Waals surface area (Å²) in [6.45, 7) is 5.61. The topological polar surface area (TPSA) is 58.5 Å². The number of aryl methyl sites for hydroxylation is 3. The third kappa shape index (κ3) is 4.56. The number of rotatable bonds is 4. The molecule has 5 nitrogen and oxygen atoms in total. The molecule has 5 aromatic rings. The fourth-order valence-corrected chi connectivity index (χ4v) is 5.64. The largest absolute Gasteiger partial charge is 0.477 e. The lowest BCUT2D eigenvalue weighted by molar-refractivity contribution is -0.671. The lowest BCUT2D eigenvalue weighted by Crippen LogP contribution is -2.41. The van der Waals surface area contributed by atoms with Crippen molar-refractivity contribution in [2.75, 3.05) is 0 Å². The van der Waals surface area contributed by atoms with Crippen molar-refractivity contribution in [2.45, 2.75) is 33.5 Å². The molecule has 0 atom stereocenters. The molecule has 194 valence electrons. The highest BCUT2D eigenvalue weighted by atomic mass is 35.5. The van der Waals surface area contributed by atoms with Crippen molar-refractivity contribution in [1.82, 2.24) is 9.38 Å². The lowest BCUT2D eigenvalue weighted by atomic mass is 9.95. The first-order valence-electron chi connectivity index (χ1n) is 11.6. The summed E-state index contributed by atoms with van der Waals surface area (Å²) in [5.41, 5.74) is 1.91. The van der Waals surface area contributed by atoms with Crippen molar-refractivity contribution in [3.05, 3.63) is 103 Å². The van der Waals surface area contributed by atoms with Gasteiger partial charge in [0.1, 0.15) is 6.54 Å². The Morgan fingerprint density at radius 1 is 1.05 bits per heavy atom. The van der Waals surface area contributed by atoms with Crippen molar-refractivity contribution < 1.29 is 22.8 Å². The van der Waals surface area contributed by atoms with Crippen molar-refractivity contribution in [2.24, 2.45) is 0 Å². The van der Waals surface area contributed by atoms with E-state index in [1.165, 1.54) is 21.8 Å². The van der Waals surface area contributed by atoms with Gasteiger partial charge in [-0.25, -0.2) is 9.78 Å². The van der Waals surface area contributed by atoms with Gasteiger partial charge in [-0.3, -0.25) is 0 Å². The van der Waals surface area contributed by atoms with Gasteiger partial charge in [0.15, 0.2) is 5.56 Å². The smallest absolute Gasteiger partial charge is 0.416 e. The molecule has 0 radical (unpaired) electrons. The maximum Gasteiger partial charge on any atom is 0.416 e. The lowest BCUT2D eigenvalue weighted by Gasteiger charge is -2.14. The molecule has 0 aliphatic heterocycles. The second-order valence-corrected chi connectivity index (χ2v) is 10.8. The zero-order valence-corrected chi connectivity index (χ0v) is 22.2. The molecule has 2 aromatic carbocycles. The number of thiazole rings is 1. The van der Waals surface area contributed by atoms with Crippen LogP contribution in [0.5, 0.6) is 5.88 Å². The van der Waals surface area contributed by atoms with Gasteiger partial charge in [-0.05, 0) is 73.9 Å². The maximum absolute atomic E-state index is 13.7. The second-order valence-electron chi connectivity index (χ2n) is 9.04. The summed E-state index contributed by atoms with van der Waals surface area (Å²) in [4.78, 5) is 18.9. The van der Waals surface area contributed by atoms with Gasteiger partial charge in [0, 0.05) is 22.3 Å². The molecule has 0 aliphatic rings. The summed E-state index contributed by atoms with van der Waals surface area (Å²) in [7, 11) is 0. The highest BCUT2D eigenvalue weighted by Gasteiger charge is 2.31. The maximum atomic E-state index is 13.7. The predicted octanol–water partition coefficient (Wildman–Crippen LogP) is 6.73. The monoisotopic (exact) mass is 556 g/mol. The van der Waals surface area contributed by atoms with Crippen LogP contribution in [0.2, 0.25) is 5.02 Å². The van der Waals surface area contributed by atoms with Gasteiger partial charge < -0.3 is 5.11 Å². The van der Waals surface area contributed by atoms with Crippen molar-refractivity contribution >= 4 is 28.6 Å². The van der Waals surface area contributed by atoms with E-state index in [9.17, 15) is 23.1 Å². The number of hydrogen-bond acceptors (Lipinski definition) is 4. The number of benzene rings is 2. The highest BCUT2D eigenvalue weighted by molar-refractivity contribution is 7.11. The van der Waals surface area contributed by atoms with E-state index in [2.05, 4.69) is 4.98 Å². The average molecular weight is 557 g/mol. The quantitative estimate of drug-likeness (QED) is 0.250. The third-order valence-corrected chi connectivity index (χ3v) is 7.64. The normalized spacial score (nSPS) is 11.9. The van der Waals surface area contributed by atoms with Gasteiger partial charge in [-0.2, -0.15) is 22.1 Å². The number of nitrogens with zero attached hydrogens (tertiary/aromatic N) is 3. The molecule has 0 spiro atoms. The van der Waals surface area contributed by atoms with Crippen LogP contribution in [-0.4, -0.2) is 14.5 Å². The third-order valence-electron chi connectivity index (χ3n) is 6.41. The van der Waals surface area contributed by atoms with Crippen LogP contribution in [0.3, 0.4) is 0 Å². The molecule has 5 rings (SSSR count). The van der Waals surface area contributed by atoms with Gasteiger partial charge in [0.25, 0.3) is 11.5 Å². The molecule has 1 N–H and O–H groups in total. The molecule has 3 heterocycles. The van der Waals surface area contributed by atoms with E-state index in [0.717, 1.165) is 27.6 Å². The van der Waals surface area contributed by atoms with Crippen LogP contribution < -0.4 is 10.1 Å². The number of pyridine rings is 1. The molecular weight excluding hydrogens is 535 g/mol. The zero-order valence-electron chi connectivity index (χ0n) is 20.6. The molecule has 0 saturated heterocycles. The molecule has 0 bridgehead atoms. The minimum Gasteiger partial charge on any atom is -0.477 e. The summed E-state index contributed by atoms with van der Waals surface area (Å²) in [5.74, 6) is -0.229. The number of fused-ring (bicyclic) bond motifs is 1. The number of aromatic hydroxyl groups is 1. The summed E-state index contributed by atoms with van der Waals surface area (Å²) in [6, 6.07) is 11.9. The average Bonchev–Trinajstić information content (AvgIpc) is 3.27. The minimum atomic E-state index is -4.47. The predicted molar refractivity (Wildman–Crippen MR) is 142 cm³/mol. The molecule has 38 heavy (non-hydrogen) atoms. The van der Waals surface area contributed by atoms with Crippen LogP contribution >= 0.6 is 22.9 Å². The Labute approximate surface area is 225 Å². The Bertz CT molecular complexity index is 1780. The molecule has 0 fully saturated rings. The number of alkyl halides is 3. The fraction of sp³-hybridized carbons (Fsp3) is 0.179. The first kappa shape index (κ1) is 25.9. The van der Waals surface area contributed by atoms with Crippen LogP contribution in [0, 0.1) is 20.8 Å². The van der Waals surface area contributed by atoms with Crippen LogP contribution in [0.1, 0.15) is 26.6 Å². The first-order valence-corrected chi connectivity index (χ1v) is 12.8. The Kier molecular flexibility index (Phi) is 6.53. The van der Waals surface area contributed by atoms with E-state index >= 15 is 0 Å². The summed E-state index contributed by atoms with van der Waals surface area (Å²) in [6.07, 6.45) is -1.10. The van der Waals surface area contributed by atoms with Crippen molar-refractivity contribution in [3.63, 3.8) is 0 Å². The standard InChI is InChI=1S/C28H21ClF3N3O2S/c1-15-5-4-10-34-25(15)35(14-20-13-33-17(3)38-20)27(37)24(26(34)36)18-6-9-23(29)22(12-18)21-8-7-19(11-16(21)2)28(30,31)32/h4-13H,14H2,1-3H3/p+1. The van der Waals surface area contributed by atoms with Crippen molar-refractivity contribution in [3.8, 4) is 28.1 Å². The van der Waals surface area contributed by atoms with Crippen LogP contribution in [0.4, 0.5) is 13.2 Å². The summed E-state index contributed by atoms with van der Waals surface area (Å²) in [5, 5.41) is 12.7. The minimum absolute atomic E-state index is 0.0526. The Morgan fingerprint density at radius 3 is 2.47 bits per heavy atom. The Balaban J connectivity index is 1.74. The first-order chi connectivity index (χ1) is 18.0. The van der Waals surface area contributed by atoms with E-state index < -0.39 is 17.3 Å². The van der Waals surface area contributed by atoms with Gasteiger partial charge in [-0.1, -0.05) is 23.7 Å². The Morgan fingerprint density at radius 2 is 1.82 bits per heavy atom. The van der Waals surface area contributed by atoms with Gasteiger partial charge in [-0.15, -0.1) is 11.3 Å². The summed E-state index contributed by atoms with van der Waals surface area (Å²) < 4.78 is 42.8. The highest BCUT2D eigenvalue weighted by Crippen LogP contribution is 2.38. The molecule has 0 amide bonds. The van der Waals surface area contributed by atoms with Gasteiger partial charge in [0.05, 0.1) is 21.6 Å². The van der Waals surface area contributed by atoms with E-state index in [4.69, 9.17) is 11.6 Å². The van der Waals surface area contributed by atoms with E-state index in [1.54, 1.807) is 48.1 Å². The molecule has 0 aliphatic carbocycles. The summed E-state index contributed by atoms with van der Waals surface area (Å²) >= 11 is 7.97. The second kappa shape index (κ2) is 9.56. The van der Waals surface area contributed by atoms with E-state index in [1.807, 2.05) is 19.9 Å². The van der Waals surface area contributed by atoms with Crippen LogP contribution in [0.15, 0.2) is 65.7 Å². The number of halogens is 4. The number of aromatic nitrogens is 3. The number of hydrogen-bond donors (Lipinski definition) is 1.